The first-order valence-electron chi connectivity index (χ1n) is 5.57. The maximum atomic E-state index is 5.96. The fourth-order valence-electron chi connectivity index (χ4n) is 1.84. The van der Waals surface area contributed by atoms with E-state index in [9.17, 15) is 0 Å². The number of aryl methyl sites for hydroxylation is 1. The Hall–Kier alpha value is -2.56. The normalized spacial score (nSPS) is 10.7. The minimum atomic E-state index is 0.546. The van der Waals surface area contributed by atoms with Crippen molar-refractivity contribution in [2.75, 3.05) is 5.73 Å². The van der Waals surface area contributed by atoms with E-state index in [-0.39, 0.29) is 0 Å². The molecular weight excluding hydrogens is 228 g/mol. The lowest BCUT2D eigenvalue weighted by atomic mass is 10.2. The van der Waals surface area contributed by atoms with E-state index in [1.807, 2.05) is 37.3 Å². The molecule has 0 atom stereocenters. The molecule has 0 aromatic carbocycles. The van der Waals surface area contributed by atoms with Crippen LogP contribution < -0.4 is 5.73 Å². The summed E-state index contributed by atoms with van der Waals surface area (Å²) in [6.45, 7) is 1.89. The van der Waals surface area contributed by atoms with Crippen LogP contribution in [0.3, 0.4) is 0 Å². The van der Waals surface area contributed by atoms with Crippen molar-refractivity contribution in [3.63, 3.8) is 0 Å². The fraction of sp³-hybridized carbons (Fsp3) is 0.0769. The molecule has 0 aliphatic rings. The number of hydrogen-bond acceptors (Lipinski definition) is 4. The molecule has 90 valence electrons. The standard InChI is InChI=1S/C13H12N4O/c1-9-10(5-7-18-9)11-8-12(14)17(16-11)13-4-2-3-6-15-13/h2-8H,14H2,1H3. The average Bonchev–Trinajstić information content (AvgIpc) is 2.96. The Morgan fingerprint density at radius 1 is 1.28 bits per heavy atom. The first-order valence-corrected chi connectivity index (χ1v) is 5.57. The highest BCUT2D eigenvalue weighted by Crippen LogP contribution is 2.25. The zero-order chi connectivity index (χ0) is 12.5. The Bertz CT molecular complexity index is 669. The van der Waals surface area contributed by atoms with Crippen molar-refractivity contribution in [1.29, 1.82) is 0 Å². The molecule has 3 aromatic heterocycles. The average molecular weight is 240 g/mol. The first kappa shape index (κ1) is 10.6. The van der Waals surface area contributed by atoms with Gasteiger partial charge in [0, 0.05) is 17.8 Å². The summed E-state index contributed by atoms with van der Waals surface area (Å²) in [6.07, 6.45) is 3.35. The molecule has 3 heterocycles. The molecule has 0 radical (unpaired) electrons. The Kier molecular flexibility index (Phi) is 2.37. The van der Waals surface area contributed by atoms with Gasteiger partial charge < -0.3 is 10.2 Å². The van der Waals surface area contributed by atoms with Crippen LogP contribution in [0, 0.1) is 6.92 Å². The van der Waals surface area contributed by atoms with Crippen molar-refractivity contribution in [3.8, 4) is 17.1 Å². The molecule has 3 rings (SSSR count). The molecule has 2 N–H and O–H groups in total. The highest BCUT2D eigenvalue weighted by molar-refractivity contribution is 5.64. The van der Waals surface area contributed by atoms with Crippen LogP contribution in [0.15, 0.2) is 47.2 Å². The van der Waals surface area contributed by atoms with Gasteiger partial charge in [-0.1, -0.05) is 6.07 Å². The molecule has 5 nitrogen and oxygen atoms in total. The summed E-state index contributed by atoms with van der Waals surface area (Å²) in [6, 6.07) is 9.29. The zero-order valence-corrected chi connectivity index (χ0v) is 9.87. The molecular formula is C13H12N4O. The molecule has 0 aliphatic carbocycles. The molecule has 18 heavy (non-hydrogen) atoms. The lowest BCUT2D eigenvalue weighted by molar-refractivity contribution is 0.535. The van der Waals surface area contributed by atoms with Gasteiger partial charge in [0.15, 0.2) is 5.82 Å². The third-order valence-electron chi connectivity index (χ3n) is 2.74. The summed E-state index contributed by atoms with van der Waals surface area (Å²) in [4.78, 5) is 4.22. The van der Waals surface area contributed by atoms with Gasteiger partial charge in [-0.05, 0) is 25.1 Å². The maximum absolute atomic E-state index is 5.96. The molecule has 0 fully saturated rings. The van der Waals surface area contributed by atoms with Crippen LogP contribution in [0.1, 0.15) is 5.76 Å². The molecule has 3 aromatic rings. The van der Waals surface area contributed by atoms with Crippen molar-refractivity contribution in [2.45, 2.75) is 6.92 Å². The first-order chi connectivity index (χ1) is 8.75. The van der Waals surface area contributed by atoms with Gasteiger partial charge >= 0.3 is 0 Å². The number of aromatic nitrogens is 3. The summed E-state index contributed by atoms with van der Waals surface area (Å²) in [5.74, 6) is 2.06. The van der Waals surface area contributed by atoms with E-state index in [0.29, 0.717) is 11.6 Å². The van der Waals surface area contributed by atoms with E-state index in [0.717, 1.165) is 17.0 Å². The van der Waals surface area contributed by atoms with Crippen LogP contribution in [0.5, 0.6) is 0 Å². The molecule has 0 saturated carbocycles. The van der Waals surface area contributed by atoms with Gasteiger partial charge in [-0.25, -0.2) is 4.98 Å². The van der Waals surface area contributed by atoms with Gasteiger partial charge in [0.1, 0.15) is 11.6 Å². The number of nitrogens with two attached hydrogens (primary N) is 1. The summed E-state index contributed by atoms with van der Waals surface area (Å²) in [5, 5.41) is 4.45. The highest BCUT2D eigenvalue weighted by Gasteiger charge is 2.12. The van der Waals surface area contributed by atoms with E-state index in [1.54, 1.807) is 17.1 Å². The summed E-state index contributed by atoms with van der Waals surface area (Å²) in [7, 11) is 0. The highest BCUT2D eigenvalue weighted by atomic mass is 16.3. The van der Waals surface area contributed by atoms with Gasteiger partial charge in [0.2, 0.25) is 0 Å². The lowest BCUT2D eigenvalue weighted by Gasteiger charge is -2.01. The Labute approximate surface area is 104 Å². The van der Waals surface area contributed by atoms with Crippen molar-refractivity contribution in [3.05, 3.63) is 48.6 Å². The van der Waals surface area contributed by atoms with Gasteiger partial charge in [-0.3, -0.25) is 0 Å². The van der Waals surface area contributed by atoms with Crippen LogP contribution in [-0.4, -0.2) is 14.8 Å². The molecule has 0 amide bonds. The second-order valence-electron chi connectivity index (χ2n) is 3.94. The quantitative estimate of drug-likeness (QED) is 0.746. The number of pyridine rings is 1. The van der Waals surface area contributed by atoms with Gasteiger partial charge in [-0.2, -0.15) is 9.78 Å². The van der Waals surface area contributed by atoms with Crippen LogP contribution >= 0.6 is 0 Å². The summed E-state index contributed by atoms with van der Waals surface area (Å²) >= 11 is 0. The molecule has 0 saturated heterocycles. The van der Waals surface area contributed by atoms with E-state index in [2.05, 4.69) is 10.1 Å². The number of anilines is 1. The third-order valence-corrected chi connectivity index (χ3v) is 2.74. The molecule has 5 heteroatoms. The number of hydrogen-bond donors (Lipinski definition) is 1. The molecule has 0 bridgehead atoms. The lowest BCUT2D eigenvalue weighted by Crippen LogP contribution is -2.03. The summed E-state index contributed by atoms with van der Waals surface area (Å²) in [5.41, 5.74) is 7.68. The Morgan fingerprint density at radius 3 is 2.83 bits per heavy atom. The minimum Gasteiger partial charge on any atom is -0.469 e. The number of nitrogen functional groups attached to an aromatic ring is 1. The number of rotatable bonds is 2. The number of furan rings is 1. The van der Waals surface area contributed by atoms with E-state index in [1.165, 1.54) is 0 Å². The third kappa shape index (κ3) is 1.66. The predicted octanol–water partition coefficient (Wildman–Crippen LogP) is 2.42. The maximum Gasteiger partial charge on any atom is 0.155 e. The van der Waals surface area contributed by atoms with Crippen LogP contribution in [0.25, 0.3) is 17.1 Å². The van der Waals surface area contributed by atoms with Crippen LogP contribution in [-0.2, 0) is 0 Å². The molecule has 0 unspecified atom stereocenters. The van der Waals surface area contributed by atoms with Crippen LogP contribution in [0.4, 0.5) is 5.82 Å². The SMILES string of the molecule is Cc1occc1-c1cc(N)n(-c2ccccn2)n1. The largest absolute Gasteiger partial charge is 0.469 e. The van der Waals surface area contributed by atoms with Gasteiger partial charge in [0.05, 0.1) is 12.0 Å². The fourth-order valence-corrected chi connectivity index (χ4v) is 1.84. The van der Waals surface area contributed by atoms with E-state index >= 15 is 0 Å². The molecule has 0 spiro atoms. The van der Waals surface area contributed by atoms with Gasteiger partial charge in [0.25, 0.3) is 0 Å². The minimum absolute atomic E-state index is 0.546. The van der Waals surface area contributed by atoms with Crippen molar-refractivity contribution in [1.82, 2.24) is 14.8 Å². The second kappa shape index (κ2) is 4.03. The van der Waals surface area contributed by atoms with Crippen molar-refractivity contribution < 1.29 is 4.42 Å². The topological polar surface area (TPSA) is 69.9 Å². The predicted molar refractivity (Wildman–Crippen MR) is 68.2 cm³/mol. The number of nitrogens with zero attached hydrogens (tertiary/aromatic N) is 3. The smallest absolute Gasteiger partial charge is 0.155 e. The van der Waals surface area contributed by atoms with Crippen LogP contribution in [0.2, 0.25) is 0 Å². The van der Waals surface area contributed by atoms with Crippen molar-refractivity contribution >= 4 is 5.82 Å². The Morgan fingerprint density at radius 2 is 2.17 bits per heavy atom. The summed E-state index contributed by atoms with van der Waals surface area (Å²) < 4.78 is 6.88. The second-order valence-corrected chi connectivity index (χ2v) is 3.94. The van der Waals surface area contributed by atoms with E-state index in [4.69, 9.17) is 10.2 Å². The Balaban J connectivity index is 2.10. The monoisotopic (exact) mass is 240 g/mol. The van der Waals surface area contributed by atoms with Crippen molar-refractivity contribution in [2.24, 2.45) is 0 Å². The van der Waals surface area contributed by atoms with Gasteiger partial charge in [-0.15, -0.1) is 0 Å². The molecule has 0 aliphatic heterocycles. The van der Waals surface area contributed by atoms with E-state index < -0.39 is 0 Å². The zero-order valence-electron chi connectivity index (χ0n) is 9.87.